The van der Waals surface area contributed by atoms with Crippen molar-refractivity contribution in [2.45, 2.75) is 26.3 Å². The van der Waals surface area contributed by atoms with Crippen molar-refractivity contribution in [2.75, 3.05) is 10.2 Å². The van der Waals surface area contributed by atoms with E-state index in [-0.39, 0.29) is 45.2 Å². The van der Waals surface area contributed by atoms with Gasteiger partial charge in [-0.3, -0.25) is 15.7 Å². The predicted octanol–water partition coefficient (Wildman–Crippen LogP) is 5.11. The highest BCUT2D eigenvalue weighted by Gasteiger charge is 2.40. The van der Waals surface area contributed by atoms with Gasteiger partial charge in [-0.15, -0.1) is 0 Å². The molecule has 9 heteroatoms. The number of aromatic nitrogens is 1. The average molecular weight is 410 g/mol. The smallest absolute Gasteiger partial charge is 0.160 e. The van der Waals surface area contributed by atoms with Crippen LogP contribution in [-0.2, 0) is 0 Å². The number of halogens is 3. The van der Waals surface area contributed by atoms with Crippen LogP contribution in [0.3, 0.4) is 0 Å². The zero-order valence-electron chi connectivity index (χ0n) is 16.3. The van der Waals surface area contributed by atoms with E-state index >= 15 is 8.78 Å². The van der Waals surface area contributed by atoms with Crippen LogP contribution in [0.1, 0.15) is 26.5 Å². The van der Waals surface area contributed by atoms with E-state index in [1.807, 2.05) is 6.07 Å². The van der Waals surface area contributed by atoms with Crippen LogP contribution in [0.4, 0.5) is 24.5 Å². The molecule has 2 aromatic carbocycles. The van der Waals surface area contributed by atoms with Crippen LogP contribution in [0.5, 0.6) is 0 Å². The lowest BCUT2D eigenvalue weighted by atomic mass is 9.93. The van der Waals surface area contributed by atoms with E-state index in [0.29, 0.717) is 0 Å². The first kappa shape index (κ1) is 19.5. The number of hydrogen-bond acceptors (Lipinski definition) is 4. The van der Waals surface area contributed by atoms with Crippen molar-refractivity contribution in [2.24, 2.45) is 0 Å². The summed E-state index contributed by atoms with van der Waals surface area (Å²) in [6, 6.07) is 6.50. The lowest BCUT2D eigenvalue weighted by molar-refractivity contribution is 0.587. The van der Waals surface area contributed by atoms with Crippen molar-refractivity contribution in [1.29, 1.82) is 16.1 Å². The number of amidine groups is 2. The van der Waals surface area contributed by atoms with Gasteiger partial charge in [0.2, 0.25) is 0 Å². The Balaban J connectivity index is 2.07. The van der Waals surface area contributed by atoms with Crippen LogP contribution < -0.4 is 10.2 Å². The molecule has 3 aromatic rings. The van der Waals surface area contributed by atoms with Crippen LogP contribution in [0, 0.1) is 39.6 Å². The third-order valence-electron chi connectivity index (χ3n) is 5.11. The summed E-state index contributed by atoms with van der Waals surface area (Å²) in [6.45, 7) is 4.72. The second-order valence-electron chi connectivity index (χ2n) is 7.67. The van der Waals surface area contributed by atoms with Gasteiger partial charge in [-0.25, -0.2) is 13.2 Å². The minimum Gasteiger partial charge on any atom is -0.371 e. The van der Waals surface area contributed by atoms with Crippen LogP contribution in [0.25, 0.3) is 22.0 Å². The van der Waals surface area contributed by atoms with E-state index in [0.717, 1.165) is 23.1 Å². The predicted molar refractivity (Wildman–Crippen MR) is 110 cm³/mol. The Morgan fingerprint density at radius 2 is 1.87 bits per heavy atom. The summed E-state index contributed by atoms with van der Waals surface area (Å²) in [7, 11) is 0. The van der Waals surface area contributed by atoms with Gasteiger partial charge in [0.05, 0.1) is 16.8 Å². The second-order valence-corrected chi connectivity index (χ2v) is 7.67. The van der Waals surface area contributed by atoms with E-state index < -0.39 is 28.6 Å². The molecule has 1 aliphatic heterocycles. The molecule has 0 saturated carbocycles. The topological polar surface area (TPSA) is 103 Å². The van der Waals surface area contributed by atoms with Crippen molar-refractivity contribution in [3.8, 4) is 17.2 Å². The number of anilines is 2. The molecule has 0 saturated heterocycles. The zero-order chi connectivity index (χ0) is 22.0. The molecule has 4 rings (SSSR count). The van der Waals surface area contributed by atoms with Crippen LogP contribution in [0.2, 0.25) is 0 Å². The van der Waals surface area contributed by atoms with Crippen molar-refractivity contribution in [3.05, 3.63) is 47.4 Å². The standard InChI is InChI=1S/C21H17F3N6/c1-9(26)30-19-16(29-21(2,3)20(30)27)7-14(23)17(18(19)24)13-4-10(22)5-15-12(13)6-11(8-25)28-15/h4-7,26-29H,1-3H3. The maximum Gasteiger partial charge on any atom is 0.160 e. The number of nitriles is 1. The van der Waals surface area contributed by atoms with Gasteiger partial charge in [-0.05, 0) is 44.5 Å². The molecular formula is C21H17F3N6. The number of rotatable bonds is 1. The van der Waals surface area contributed by atoms with Gasteiger partial charge in [-0.2, -0.15) is 5.26 Å². The monoisotopic (exact) mass is 410 g/mol. The number of aromatic amines is 1. The molecule has 2 heterocycles. The van der Waals surface area contributed by atoms with Crippen molar-refractivity contribution in [3.63, 3.8) is 0 Å². The molecule has 0 fully saturated rings. The normalized spacial score (nSPS) is 15.0. The number of hydrogen-bond donors (Lipinski definition) is 4. The SMILES string of the molecule is CC(=N)N1C(=N)C(C)(C)Nc2cc(F)c(-c3cc(F)cc4[nH]c(C#N)cc34)c(F)c21. The number of H-pyrrole nitrogens is 1. The Bertz CT molecular complexity index is 1300. The maximum atomic E-state index is 15.8. The number of fused-ring (bicyclic) bond motifs is 2. The Labute approximate surface area is 169 Å². The highest BCUT2D eigenvalue weighted by molar-refractivity contribution is 6.24. The molecule has 0 spiro atoms. The van der Waals surface area contributed by atoms with E-state index in [1.54, 1.807) is 13.8 Å². The van der Waals surface area contributed by atoms with Crippen molar-refractivity contribution >= 4 is 33.9 Å². The van der Waals surface area contributed by atoms with Gasteiger partial charge in [0.25, 0.3) is 0 Å². The van der Waals surface area contributed by atoms with Crippen LogP contribution in [0.15, 0.2) is 24.3 Å². The van der Waals surface area contributed by atoms with Gasteiger partial charge in [0, 0.05) is 17.0 Å². The molecule has 0 unspecified atom stereocenters. The lowest BCUT2D eigenvalue weighted by Crippen LogP contribution is -2.55. The highest BCUT2D eigenvalue weighted by Crippen LogP contribution is 2.44. The minimum absolute atomic E-state index is 0.0699. The van der Waals surface area contributed by atoms with Crippen molar-refractivity contribution < 1.29 is 13.2 Å². The molecule has 30 heavy (non-hydrogen) atoms. The molecule has 0 bridgehead atoms. The van der Waals surface area contributed by atoms with Crippen LogP contribution >= 0.6 is 0 Å². The highest BCUT2D eigenvalue weighted by atomic mass is 19.1. The fraction of sp³-hybridized carbons (Fsp3) is 0.190. The zero-order valence-corrected chi connectivity index (χ0v) is 16.3. The van der Waals surface area contributed by atoms with Gasteiger partial charge in [0.1, 0.15) is 40.8 Å². The third-order valence-corrected chi connectivity index (χ3v) is 5.11. The Kier molecular flexibility index (Phi) is 4.13. The summed E-state index contributed by atoms with van der Waals surface area (Å²) in [4.78, 5) is 3.80. The third kappa shape index (κ3) is 2.72. The minimum atomic E-state index is -1.03. The number of nitrogens with one attached hydrogen (secondary N) is 4. The fourth-order valence-electron chi connectivity index (χ4n) is 3.76. The molecule has 0 amide bonds. The fourth-order valence-corrected chi connectivity index (χ4v) is 3.76. The Morgan fingerprint density at radius 3 is 2.50 bits per heavy atom. The van der Waals surface area contributed by atoms with Gasteiger partial charge < -0.3 is 10.3 Å². The second kappa shape index (κ2) is 6.35. The molecule has 1 aromatic heterocycles. The Morgan fingerprint density at radius 1 is 1.17 bits per heavy atom. The van der Waals surface area contributed by atoms with Gasteiger partial charge in [-0.1, -0.05) is 0 Å². The van der Waals surface area contributed by atoms with Crippen LogP contribution in [-0.4, -0.2) is 22.2 Å². The number of nitrogens with zero attached hydrogens (tertiary/aromatic N) is 2. The van der Waals surface area contributed by atoms with Gasteiger partial charge in [0.15, 0.2) is 5.82 Å². The molecule has 6 nitrogen and oxygen atoms in total. The van der Waals surface area contributed by atoms with E-state index in [9.17, 15) is 4.39 Å². The summed E-state index contributed by atoms with van der Waals surface area (Å²) < 4.78 is 45.1. The maximum absolute atomic E-state index is 15.8. The molecule has 4 N–H and O–H groups in total. The summed E-state index contributed by atoms with van der Waals surface area (Å²) in [6.07, 6.45) is 0. The molecule has 0 atom stereocenters. The summed E-state index contributed by atoms with van der Waals surface area (Å²) >= 11 is 0. The molecular weight excluding hydrogens is 393 g/mol. The first-order valence-corrected chi connectivity index (χ1v) is 9.02. The lowest BCUT2D eigenvalue weighted by Gasteiger charge is -2.42. The van der Waals surface area contributed by atoms with E-state index in [2.05, 4.69) is 10.3 Å². The van der Waals surface area contributed by atoms with E-state index in [1.165, 1.54) is 13.0 Å². The van der Waals surface area contributed by atoms with Gasteiger partial charge >= 0.3 is 0 Å². The average Bonchev–Trinajstić information content (AvgIpc) is 3.05. The summed E-state index contributed by atoms with van der Waals surface area (Å²) in [5.74, 6) is -2.90. The molecule has 0 aliphatic carbocycles. The summed E-state index contributed by atoms with van der Waals surface area (Å²) in [5, 5.41) is 28.8. The first-order valence-electron chi connectivity index (χ1n) is 9.02. The molecule has 1 aliphatic rings. The first-order chi connectivity index (χ1) is 14.0. The van der Waals surface area contributed by atoms with E-state index in [4.69, 9.17) is 16.1 Å². The largest absolute Gasteiger partial charge is 0.371 e. The van der Waals surface area contributed by atoms with Crippen molar-refractivity contribution in [1.82, 2.24) is 4.98 Å². The molecule has 0 radical (unpaired) electrons. The summed E-state index contributed by atoms with van der Waals surface area (Å²) in [5.41, 5.74) is -1.29. The molecule has 152 valence electrons. The quantitative estimate of drug-likeness (QED) is 0.331. The Hall–Kier alpha value is -3.80. The number of benzene rings is 2.